The lowest BCUT2D eigenvalue weighted by molar-refractivity contribution is -0.142. The summed E-state index contributed by atoms with van der Waals surface area (Å²) in [4.78, 5) is 20.0. The smallest absolute Gasteiger partial charge is 0.265 e. The summed E-state index contributed by atoms with van der Waals surface area (Å²) in [6.07, 6.45) is 0. The van der Waals surface area contributed by atoms with Gasteiger partial charge in [0.15, 0.2) is 4.93 Å². The maximum atomic E-state index is 13.0. The molecule has 0 radical (unpaired) electrons. The molecule has 2 N–H and O–H groups in total. The van der Waals surface area contributed by atoms with Gasteiger partial charge >= 0.3 is 0 Å². The number of methoxy groups -OCH3 is 1. The second-order valence-electron chi connectivity index (χ2n) is 7.31. The molecule has 2 aromatic carbocycles. The monoisotopic (exact) mass is 429 g/mol. The number of fused-ring (bicyclic) bond motifs is 2. The SMILES string of the molecule is CCN(CC)CCNC1C(=O)NOC2(S)c3cc(OC)ccc3Oc3c1cccc32. The van der Waals surface area contributed by atoms with Crippen molar-refractivity contribution in [1.82, 2.24) is 15.7 Å². The van der Waals surface area contributed by atoms with Crippen molar-refractivity contribution in [2.45, 2.75) is 24.8 Å². The molecule has 7 nitrogen and oxygen atoms in total. The number of hydrogen-bond donors (Lipinski definition) is 3. The van der Waals surface area contributed by atoms with E-state index in [0.29, 0.717) is 29.4 Å². The zero-order valence-corrected chi connectivity index (χ0v) is 18.3. The van der Waals surface area contributed by atoms with E-state index in [1.807, 2.05) is 36.4 Å². The number of ether oxygens (including phenoxy) is 2. The van der Waals surface area contributed by atoms with Crippen LogP contribution >= 0.6 is 12.6 Å². The van der Waals surface area contributed by atoms with Crippen molar-refractivity contribution in [3.8, 4) is 17.2 Å². The number of hydroxylamine groups is 1. The summed E-state index contributed by atoms with van der Waals surface area (Å²) in [5, 5.41) is 3.36. The van der Waals surface area contributed by atoms with Crippen LogP contribution in [-0.2, 0) is 14.6 Å². The maximum Gasteiger partial charge on any atom is 0.265 e. The number of amides is 1. The Morgan fingerprint density at radius 3 is 2.77 bits per heavy atom. The van der Waals surface area contributed by atoms with Crippen LogP contribution in [-0.4, -0.2) is 44.1 Å². The molecule has 0 fully saturated rings. The van der Waals surface area contributed by atoms with Crippen molar-refractivity contribution in [1.29, 1.82) is 0 Å². The summed E-state index contributed by atoms with van der Waals surface area (Å²) in [5.74, 6) is 1.57. The highest BCUT2D eigenvalue weighted by Crippen LogP contribution is 2.54. The zero-order chi connectivity index (χ0) is 21.3. The second-order valence-corrected chi connectivity index (χ2v) is 7.94. The first-order valence-corrected chi connectivity index (χ1v) is 10.6. The van der Waals surface area contributed by atoms with E-state index in [1.165, 1.54) is 0 Å². The molecule has 2 aliphatic rings. The van der Waals surface area contributed by atoms with Crippen LogP contribution in [0.25, 0.3) is 0 Å². The number of para-hydroxylation sites is 1. The number of nitrogens with zero attached hydrogens (tertiary/aromatic N) is 1. The number of nitrogens with one attached hydrogen (secondary N) is 2. The molecule has 0 aromatic heterocycles. The highest BCUT2D eigenvalue weighted by atomic mass is 32.1. The Kier molecular flexibility index (Phi) is 5.92. The third-order valence-corrected chi connectivity index (χ3v) is 6.29. The van der Waals surface area contributed by atoms with Gasteiger partial charge in [-0.05, 0) is 31.3 Å². The topological polar surface area (TPSA) is 72.1 Å². The standard InChI is InChI=1S/C22H27N3O4S/c1-4-25(5-2)12-11-23-19-15-7-6-8-16-20(15)28-18-10-9-14(27-3)13-17(18)22(16,30)29-24-21(19)26/h6-10,13,19,23,30H,4-5,11-12H2,1-3H3,(H,24,26). The molecule has 8 heteroatoms. The van der Waals surface area contributed by atoms with Gasteiger partial charge in [0, 0.05) is 29.8 Å². The van der Waals surface area contributed by atoms with Crippen molar-refractivity contribution in [2.75, 3.05) is 33.3 Å². The Bertz CT molecular complexity index is 950. The molecule has 0 aliphatic carbocycles. The highest BCUT2D eigenvalue weighted by molar-refractivity contribution is 7.81. The maximum absolute atomic E-state index is 13.0. The number of carbonyl (C=O) groups is 1. The molecule has 1 amide bonds. The average molecular weight is 430 g/mol. The quantitative estimate of drug-likeness (QED) is 0.588. The fourth-order valence-corrected chi connectivity index (χ4v) is 4.35. The number of benzene rings is 2. The van der Waals surface area contributed by atoms with Crippen LogP contribution < -0.4 is 20.3 Å². The van der Waals surface area contributed by atoms with Gasteiger partial charge in [0.05, 0.1) is 7.11 Å². The van der Waals surface area contributed by atoms with Gasteiger partial charge in [-0.25, -0.2) is 10.3 Å². The minimum Gasteiger partial charge on any atom is -0.497 e. The molecule has 0 spiro atoms. The van der Waals surface area contributed by atoms with Gasteiger partial charge in [-0.15, -0.1) is 12.6 Å². The third-order valence-electron chi connectivity index (χ3n) is 5.72. The molecular formula is C22H27N3O4S. The van der Waals surface area contributed by atoms with Crippen molar-refractivity contribution >= 4 is 18.5 Å². The van der Waals surface area contributed by atoms with Crippen molar-refractivity contribution < 1.29 is 19.1 Å². The summed E-state index contributed by atoms with van der Waals surface area (Å²) in [5.41, 5.74) is 4.77. The Morgan fingerprint density at radius 2 is 2.03 bits per heavy atom. The van der Waals surface area contributed by atoms with Crippen LogP contribution in [0.15, 0.2) is 36.4 Å². The van der Waals surface area contributed by atoms with Gasteiger partial charge in [0.25, 0.3) is 5.91 Å². The first-order chi connectivity index (χ1) is 14.5. The number of likely N-dealkylation sites (N-methyl/N-ethyl adjacent to an activating group) is 1. The van der Waals surface area contributed by atoms with E-state index < -0.39 is 11.0 Å². The molecule has 160 valence electrons. The minimum atomic E-state index is -1.20. The zero-order valence-electron chi connectivity index (χ0n) is 17.4. The van der Waals surface area contributed by atoms with Crippen LogP contribution in [0, 0.1) is 0 Å². The molecule has 2 heterocycles. The third kappa shape index (κ3) is 3.54. The molecule has 2 aromatic rings. The molecule has 0 saturated carbocycles. The Hall–Kier alpha value is -2.26. The normalized spacial score (nSPS) is 21.9. The first kappa shape index (κ1) is 21.0. The largest absolute Gasteiger partial charge is 0.497 e. The lowest BCUT2D eigenvalue weighted by Crippen LogP contribution is -2.46. The Morgan fingerprint density at radius 1 is 1.23 bits per heavy atom. The molecule has 0 saturated heterocycles. The van der Waals surface area contributed by atoms with E-state index in [1.54, 1.807) is 7.11 Å². The fourth-order valence-electron chi connectivity index (χ4n) is 3.95. The molecule has 2 unspecified atom stereocenters. The van der Waals surface area contributed by atoms with Gasteiger partial charge in [-0.1, -0.05) is 32.0 Å². The van der Waals surface area contributed by atoms with E-state index in [0.717, 1.165) is 30.8 Å². The van der Waals surface area contributed by atoms with Gasteiger partial charge in [0.1, 0.15) is 23.3 Å². The molecule has 4 rings (SSSR count). The van der Waals surface area contributed by atoms with Gasteiger partial charge in [-0.3, -0.25) is 4.79 Å². The summed E-state index contributed by atoms with van der Waals surface area (Å²) in [6.45, 7) is 7.67. The lowest BCUT2D eigenvalue weighted by Gasteiger charge is -2.39. The molecule has 30 heavy (non-hydrogen) atoms. The van der Waals surface area contributed by atoms with Crippen LogP contribution in [0.5, 0.6) is 17.2 Å². The van der Waals surface area contributed by atoms with Gasteiger partial charge in [-0.2, -0.15) is 0 Å². The average Bonchev–Trinajstić information content (AvgIpc) is 2.77. The van der Waals surface area contributed by atoms with Crippen LogP contribution in [0.4, 0.5) is 0 Å². The number of rotatable bonds is 7. The summed E-state index contributed by atoms with van der Waals surface area (Å²) in [7, 11) is 1.60. The van der Waals surface area contributed by atoms with Crippen molar-refractivity contribution in [2.24, 2.45) is 0 Å². The van der Waals surface area contributed by atoms with E-state index in [-0.39, 0.29) is 5.91 Å². The predicted molar refractivity (Wildman–Crippen MR) is 117 cm³/mol. The van der Waals surface area contributed by atoms with E-state index >= 15 is 0 Å². The van der Waals surface area contributed by atoms with Gasteiger partial charge < -0.3 is 19.7 Å². The molecule has 4 bridgehead atoms. The first-order valence-electron chi connectivity index (χ1n) is 10.2. The van der Waals surface area contributed by atoms with Crippen LogP contribution in [0.3, 0.4) is 0 Å². The lowest BCUT2D eigenvalue weighted by atomic mass is 9.91. The minimum absolute atomic E-state index is 0.291. The van der Waals surface area contributed by atoms with Crippen molar-refractivity contribution in [3.05, 3.63) is 53.1 Å². The van der Waals surface area contributed by atoms with E-state index in [4.69, 9.17) is 26.9 Å². The summed E-state index contributed by atoms with van der Waals surface area (Å²) < 4.78 is 11.6. The Labute approximate surface area is 182 Å². The number of carbonyl (C=O) groups excluding carboxylic acids is 1. The summed E-state index contributed by atoms with van der Waals surface area (Å²) >= 11 is 4.85. The number of thiol groups is 1. The van der Waals surface area contributed by atoms with Crippen molar-refractivity contribution in [3.63, 3.8) is 0 Å². The summed E-state index contributed by atoms with van der Waals surface area (Å²) in [6, 6.07) is 10.6. The van der Waals surface area contributed by atoms with Crippen LogP contribution in [0.2, 0.25) is 0 Å². The van der Waals surface area contributed by atoms with E-state index in [9.17, 15) is 4.79 Å². The molecular weight excluding hydrogens is 402 g/mol. The van der Waals surface area contributed by atoms with E-state index in [2.05, 4.69) is 29.5 Å². The second kappa shape index (κ2) is 8.47. The fraction of sp³-hybridized carbons (Fsp3) is 0.409. The highest BCUT2D eigenvalue weighted by Gasteiger charge is 2.46. The molecule has 2 atom stereocenters. The van der Waals surface area contributed by atoms with Gasteiger partial charge in [0.2, 0.25) is 0 Å². The predicted octanol–water partition coefficient (Wildman–Crippen LogP) is 2.97. The van der Waals surface area contributed by atoms with Crippen LogP contribution in [0.1, 0.15) is 36.6 Å². The number of hydrogen-bond acceptors (Lipinski definition) is 7. The molecule has 2 aliphatic heterocycles. The Balaban J connectivity index is 1.72.